The van der Waals surface area contributed by atoms with Crippen LogP contribution in [0.3, 0.4) is 0 Å². The van der Waals surface area contributed by atoms with Crippen LogP contribution in [0.4, 0.5) is 0 Å². The lowest BCUT2D eigenvalue weighted by Crippen LogP contribution is -2.34. The molecule has 0 saturated heterocycles. The first-order chi connectivity index (χ1) is 14.6. The number of hydrogen-bond acceptors (Lipinski definition) is 6. The molecule has 30 heavy (non-hydrogen) atoms. The quantitative estimate of drug-likeness (QED) is 0.655. The number of carbonyl (C=O) groups excluding carboxylic acids is 1. The van der Waals surface area contributed by atoms with E-state index in [1.54, 1.807) is 43.4 Å². The first-order valence-corrected chi connectivity index (χ1v) is 9.48. The normalized spacial score (nSPS) is 12.8. The van der Waals surface area contributed by atoms with Gasteiger partial charge in [0, 0.05) is 19.2 Å². The maximum absolute atomic E-state index is 12.7. The van der Waals surface area contributed by atoms with Crippen molar-refractivity contribution >= 4 is 12.0 Å². The largest absolute Gasteiger partial charge is 0.493 e. The van der Waals surface area contributed by atoms with Crippen LogP contribution < -0.4 is 18.9 Å². The molecule has 1 aliphatic heterocycles. The van der Waals surface area contributed by atoms with Crippen molar-refractivity contribution in [2.75, 3.05) is 34.5 Å². The lowest BCUT2D eigenvalue weighted by Gasteiger charge is -2.28. The Labute approximate surface area is 176 Å². The molecule has 156 valence electrons. The third-order valence-corrected chi connectivity index (χ3v) is 4.93. The van der Waals surface area contributed by atoms with Gasteiger partial charge >= 0.3 is 0 Å². The van der Waals surface area contributed by atoms with Crippen LogP contribution in [0.2, 0.25) is 0 Å². The van der Waals surface area contributed by atoms with Gasteiger partial charge in [-0.1, -0.05) is 6.07 Å². The summed E-state index contributed by atoms with van der Waals surface area (Å²) in [6.45, 7) is 1.09. The second kappa shape index (κ2) is 9.70. The van der Waals surface area contributed by atoms with E-state index in [4.69, 9.17) is 24.2 Å². The number of carbonyl (C=O) groups is 1. The van der Waals surface area contributed by atoms with Gasteiger partial charge in [-0.3, -0.25) is 4.79 Å². The molecule has 0 spiro atoms. The molecule has 7 heteroatoms. The highest BCUT2D eigenvalue weighted by molar-refractivity contribution is 5.92. The van der Waals surface area contributed by atoms with Crippen LogP contribution in [0.15, 0.2) is 36.4 Å². The molecule has 2 aromatic carbocycles. The van der Waals surface area contributed by atoms with Gasteiger partial charge in [-0.05, 0) is 53.5 Å². The van der Waals surface area contributed by atoms with Gasteiger partial charge in [0.2, 0.25) is 5.91 Å². The summed E-state index contributed by atoms with van der Waals surface area (Å²) in [6.07, 6.45) is 4.05. The third kappa shape index (κ3) is 4.66. The van der Waals surface area contributed by atoms with Crippen molar-refractivity contribution in [3.63, 3.8) is 0 Å². The molecule has 0 aromatic heterocycles. The van der Waals surface area contributed by atoms with E-state index in [-0.39, 0.29) is 12.5 Å². The molecule has 0 bridgehead atoms. The molecule has 0 aliphatic carbocycles. The number of methoxy groups -OCH3 is 3. The number of ether oxygens (including phenoxy) is 4. The lowest BCUT2D eigenvalue weighted by molar-refractivity contribution is -0.126. The van der Waals surface area contributed by atoms with E-state index < -0.39 is 0 Å². The number of nitriles is 1. The van der Waals surface area contributed by atoms with Crippen LogP contribution in [0.5, 0.6) is 23.0 Å². The molecule has 2 aromatic rings. The van der Waals surface area contributed by atoms with Crippen LogP contribution in [0.25, 0.3) is 6.08 Å². The molecule has 7 nitrogen and oxygen atoms in total. The molecular weight excluding hydrogens is 384 g/mol. The van der Waals surface area contributed by atoms with Gasteiger partial charge in [0.15, 0.2) is 29.6 Å². The second-order valence-electron chi connectivity index (χ2n) is 6.68. The molecule has 1 heterocycles. The Hall–Kier alpha value is -3.66. The maximum Gasteiger partial charge on any atom is 0.246 e. The lowest BCUT2D eigenvalue weighted by atomic mass is 9.98. The first-order valence-electron chi connectivity index (χ1n) is 9.48. The summed E-state index contributed by atoms with van der Waals surface area (Å²) in [6, 6.07) is 11.1. The monoisotopic (exact) mass is 408 g/mol. The molecule has 0 N–H and O–H groups in total. The van der Waals surface area contributed by atoms with E-state index in [9.17, 15) is 4.79 Å². The maximum atomic E-state index is 12.7. The summed E-state index contributed by atoms with van der Waals surface area (Å²) in [7, 11) is 4.75. The van der Waals surface area contributed by atoms with Gasteiger partial charge in [0.05, 0.1) is 21.3 Å². The predicted octanol–water partition coefficient (Wildman–Crippen LogP) is 3.21. The predicted molar refractivity (Wildman–Crippen MR) is 112 cm³/mol. The SMILES string of the molecule is COc1cc2c(cc1OC)CN(C(=O)/C=C/c1ccc(OCC#N)c(OC)c1)CC2. The van der Waals surface area contributed by atoms with Gasteiger partial charge in [0.25, 0.3) is 0 Å². The van der Waals surface area contributed by atoms with Crippen molar-refractivity contribution in [2.24, 2.45) is 0 Å². The number of amides is 1. The summed E-state index contributed by atoms with van der Waals surface area (Å²) in [5.41, 5.74) is 3.02. The molecular formula is C23H24N2O5. The highest BCUT2D eigenvalue weighted by Gasteiger charge is 2.21. The minimum Gasteiger partial charge on any atom is -0.493 e. The van der Waals surface area contributed by atoms with E-state index in [2.05, 4.69) is 0 Å². The summed E-state index contributed by atoms with van der Waals surface area (Å²) in [5, 5.41) is 8.65. The molecule has 0 fully saturated rings. The third-order valence-electron chi connectivity index (χ3n) is 4.93. The Morgan fingerprint density at radius 1 is 1.03 bits per heavy atom. The Balaban J connectivity index is 1.71. The van der Waals surface area contributed by atoms with Crippen LogP contribution >= 0.6 is 0 Å². The van der Waals surface area contributed by atoms with Gasteiger partial charge in [-0.2, -0.15) is 5.26 Å². The van der Waals surface area contributed by atoms with Crippen molar-refractivity contribution in [1.29, 1.82) is 5.26 Å². The molecule has 1 amide bonds. The molecule has 1 aliphatic rings. The number of benzene rings is 2. The van der Waals surface area contributed by atoms with E-state index in [0.29, 0.717) is 36.1 Å². The zero-order valence-electron chi connectivity index (χ0n) is 17.3. The zero-order chi connectivity index (χ0) is 21.5. The smallest absolute Gasteiger partial charge is 0.246 e. The minimum atomic E-state index is -0.0702. The van der Waals surface area contributed by atoms with Crippen molar-refractivity contribution in [3.8, 4) is 29.1 Å². The Morgan fingerprint density at radius 3 is 2.37 bits per heavy atom. The molecule has 0 saturated carbocycles. The van der Waals surface area contributed by atoms with Gasteiger partial charge in [-0.25, -0.2) is 0 Å². The summed E-state index contributed by atoms with van der Waals surface area (Å²) < 4.78 is 21.4. The second-order valence-corrected chi connectivity index (χ2v) is 6.68. The fourth-order valence-corrected chi connectivity index (χ4v) is 3.36. The highest BCUT2D eigenvalue weighted by atomic mass is 16.5. The Bertz CT molecular complexity index is 994. The minimum absolute atomic E-state index is 0.0584. The van der Waals surface area contributed by atoms with E-state index >= 15 is 0 Å². The fourth-order valence-electron chi connectivity index (χ4n) is 3.36. The standard InChI is InChI=1S/C23H24N2O5/c1-27-20-12-16(4-6-19(20)30-11-9-24)5-7-23(26)25-10-8-17-13-21(28-2)22(29-3)14-18(17)15-25/h4-7,12-14H,8,10-11,15H2,1-3H3/b7-5+. The molecule has 3 rings (SSSR count). The van der Waals surface area contributed by atoms with Gasteiger partial charge in [0.1, 0.15) is 6.07 Å². The Kier molecular flexibility index (Phi) is 6.81. The van der Waals surface area contributed by atoms with Crippen molar-refractivity contribution in [3.05, 3.63) is 53.1 Å². The molecule has 0 atom stereocenters. The number of rotatable bonds is 7. The molecule has 0 radical (unpaired) electrons. The number of fused-ring (bicyclic) bond motifs is 1. The van der Waals surface area contributed by atoms with E-state index in [1.807, 2.05) is 24.3 Å². The van der Waals surface area contributed by atoms with Gasteiger partial charge in [-0.15, -0.1) is 0 Å². The van der Waals surface area contributed by atoms with Crippen LogP contribution in [0, 0.1) is 11.3 Å². The van der Waals surface area contributed by atoms with Crippen LogP contribution in [-0.2, 0) is 17.8 Å². The summed E-state index contributed by atoms with van der Waals surface area (Å²) in [5.74, 6) is 2.28. The summed E-state index contributed by atoms with van der Waals surface area (Å²) in [4.78, 5) is 14.5. The van der Waals surface area contributed by atoms with Crippen LogP contribution in [0.1, 0.15) is 16.7 Å². The van der Waals surface area contributed by atoms with Gasteiger partial charge < -0.3 is 23.8 Å². The average Bonchev–Trinajstić information content (AvgIpc) is 2.79. The zero-order valence-corrected chi connectivity index (χ0v) is 17.3. The number of hydrogen-bond donors (Lipinski definition) is 0. The number of nitrogens with zero attached hydrogens (tertiary/aromatic N) is 2. The van der Waals surface area contributed by atoms with Crippen molar-refractivity contribution in [1.82, 2.24) is 4.90 Å². The summed E-state index contributed by atoms with van der Waals surface area (Å²) >= 11 is 0. The Morgan fingerprint density at radius 2 is 1.70 bits per heavy atom. The van der Waals surface area contributed by atoms with E-state index in [0.717, 1.165) is 17.5 Å². The highest BCUT2D eigenvalue weighted by Crippen LogP contribution is 2.33. The molecule has 0 unspecified atom stereocenters. The van der Waals surface area contributed by atoms with Crippen LogP contribution in [-0.4, -0.2) is 45.3 Å². The van der Waals surface area contributed by atoms with Crippen molar-refractivity contribution < 1.29 is 23.7 Å². The first kappa shape index (κ1) is 21.1. The van der Waals surface area contributed by atoms with Crippen molar-refractivity contribution in [2.45, 2.75) is 13.0 Å². The average molecular weight is 408 g/mol. The van der Waals surface area contributed by atoms with E-state index in [1.165, 1.54) is 12.7 Å². The topological polar surface area (TPSA) is 81.0 Å². The fraction of sp³-hybridized carbons (Fsp3) is 0.304.